The minimum Gasteiger partial charge on any atom is -0.454 e. The zero-order chi connectivity index (χ0) is 11.0. The second-order valence-corrected chi connectivity index (χ2v) is 4.00. The van der Waals surface area contributed by atoms with Crippen LogP contribution < -0.4 is 9.47 Å². The van der Waals surface area contributed by atoms with Crippen molar-refractivity contribution in [3.05, 3.63) is 23.3 Å². The van der Waals surface area contributed by atoms with Crippen molar-refractivity contribution in [3.8, 4) is 11.5 Å². The van der Waals surface area contributed by atoms with Gasteiger partial charge in [-0.2, -0.15) is 0 Å². The second kappa shape index (κ2) is 3.57. The molecule has 0 atom stereocenters. The fourth-order valence-electron chi connectivity index (χ4n) is 1.74. The summed E-state index contributed by atoms with van der Waals surface area (Å²) in [6.07, 6.45) is 0. The van der Waals surface area contributed by atoms with Crippen molar-refractivity contribution in [2.75, 3.05) is 6.79 Å². The molecule has 1 aliphatic rings. The largest absolute Gasteiger partial charge is 0.454 e. The molecule has 1 aromatic rings. The summed E-state index contributed by atoms with van der Waals surface area (Å²) >= 11 is 0. The van der Waals surface area contributed by atoms with Gasteiger partial charge in [-0.3, -0.25) is 4.79 Å². The molecule has 3 nitrogen and oxygen atoms in total. The highest BCUT2D eigenvalue weighted by molar-refractivity contribution is 5.96. The number of fused-ring (bicyclic) bond motifs is 1. The molecule has 1 heterocycles. The van der Waals surface area contributed by atoms with Crippen molar-refractivity contribution in [1.29, 1.82) is 0 Å². The predicted octanol–water partition coefficient (Wildman–Crippen LogP) is 2.74. The van der Waals surface area contributed by atoms with E-state index in [-0.39, 0.29) is 12.6 Å². The molecule has 0 aliphatic carbocycles. The lowest BCUT2D eigenvalue weighted by molar-refractivity contribution is 0.101. The van der Waals surface area contributed by atoms with Crippen LogP contribution in [0.2, 0.25) is 0 Å². The molecule has 0 unspecified atom stereocenters. The third-order valence-electron chi connectivity index (χ3n) is 2.55. The maximum absolute atomic E-state index is 11.5. The van der Waals surface area contributed by atoms with E-state index in [1.165, 1.54) is 0 Å². The van der Waals surface area contributed by atoms with Crippen LogP contribution in [0.3, 0.4) is 0 Å². The molecule has 0 bridgehead atoms. The summed E-state index contributed by atoms with van der Waals surface area (Å²) in [5.41, 5.74) is 1.75. The lowest BCUT2D eigenvalue weighted by atomic mass is 9.94. The summed E-state index contributed by atoms with van der Waals surface area (Å²) < 4.78 is 10.5. The van der Waals surface area contributed by atoms with Crippen LogP contribution in [0.4, 0.5) is 0 Å². The average molecular weight is 206 g/mol. The molecule has 3 heteroatoms. The third-order valence-corrected chi connectivity index (χ3v) is 2.55. The molecule has 0 radical (unpaired) electrons. The quantitative estimate of drug-likeness (QED) is 0.698. The van der Waals surface area contributed by atoms with Crippen molar-refractivity contribution >= 4 is 5.78 Å². The Morgan fingerprint density at radius 1 is 1.27 bits per heavy atom. The number of carbonyl (C=O) groups is 1. The van der Waals surface area contributed by atoms with Gasteiger partial charge in [-0.25, -0.2) is 0 Å². The highest BCUT2D eigenvalue weighted by atomic mass is 16.7. The van der Waals surface area contributed by atoms with Gasteiger partial charge in [0.15, 0.2) is 17.3 Å². The lowest BCUT2D eigenvalue weighted by Gasteiger charge is -2.11. The molecular weight excluding hydrogens is 192 g/mol. The Labute approximate surface area is 89.0 Å². The van der Waals surface area contributed by atoms with E-state index in [9.17, 15) is 4.79 Å². The zero-order valence-corrected chi connectivity index (χ0v) is 9.16. The van der Waals surface area contributed by atoms with Crippen molar-refractivity contribution in [2.45, 2.75) is 26.7 Å². The van der Waals surface area contributed by atoms with E-state index in [1.54, 1.807) is 13.0 Å². The molecule has 0 spiro atoms. The molecule has 0 saturated carbocycles. The molecule has 1 aliphatic heterocycles. The highest BCUT2D eigenvalue weighted by Crippen LogP contribution is 2.37. The number of hydrogen-bond donors (Lipinski definition) is 0. The van der Waals surface area contributed by atoms with Crippen LogP contribution in [0.25, 0.3) is 0 Å². The monoisotopic (exact) mass is 206 g/mol. The van der Waals surface area contributed by atoms with Gasteiger partial charge in [0.25, 0.3) is 0 Å². The van der Waals surface area contributed by atoms with Crippen LogP contribution in [0, 0.1) is 0 Å². The van der Waals surface area contributed by atoms with E-state index < -0.39 is 0 Å². The normalized spacial score (nSPS) is 13.3. The Bertz CT molecular complexity index is 408. The number of rotatable bonds is 2. The average Bonchev–Trinajstić information content (AvgIpc) is 2.61. The highest BCUT2D eigenvalue weighted by Gasteiger charge is 2.20. The molecule has 0 aromatic heterocycles. The SMILES string of the molecule is CC(=O)c1cc2c(cc1C(C)C)OCO2. The maximum atomic E-state index is 11.5. The van der Waals surface area contributed by atoms with E-state index >= 15 is 0 Å². The molecule has 0 fully saturated rings. The fourth-order valence-corrected chi connectivity index (χ4v) is 1.74. The van der Waals surface area contributed by atoms with Crippen molar-refractivity contribution in [1.82, 2.24) is 0 Å². The predicted molar refractivity (Wildman–Crippen MR) is 56.7 cm³/mol. The molecule has 1 aromatic carbocycles. The molecule has 15 heavy (non-hydrogen) atoms. The maximum Gasteiger partial charge on any atom is 0.231 e. The number of carbonyl (C=O) groups excluding carboxylic acids is 1. The van der Waals surface area contributed by atoms with Crippen LogP contribution in [0.5, 0.6) is 11.5 Å². The minimum atomic E-state index is 0.0667. The molecule has 0 amide bonds. The van der Waals surface area contributed by atoms with Crippen LogP contribution in [0.1, 0.15) is 42.6 Å². The molecular formula is C12H14O3. The van der Waals surface area contributed by atoms with Gasteiger partial charge in [-0.1, -0.05) is 13.8 Å². The summed E-state index contributed by atoms with van der Waals surface area (Å²) in [4.78, 5) is 11.5. The number of ether oxygens (including phenoxy) is 2. The summed E-state index contributed by atoms with van der Waals surface area (Å²) in [6.45, 7) is 5.94. The van der Waals surface area contributed by atoms with E-state index in [1.807, 2.05) is 6.07 Å². The summed E-state index contributed by atoms with van der Waals surface area (Å²) in [5.74, 6) is 1.78. The van der Waals surface area contributed by atoms with Gasteiger partial charge in [0.1, 0.15) is 0 Å². The van der Waals surface area contributed by atoms with Gasteiger partial charge in [0.05, 0.1) is 0 Å². The van der Waals surface area contributed by atoms with E-state index in [4.69, 9.17) is 9.47 Å². The van der Waals surface area contributed by atoms with Gasteiger partial charge in [0, 0.05) is 5.56 Å². The van der Waals surface area contributed by atoms with Crippen molar-refractivity contribution in [3.63, 3.8) is 0 Å². The first kappa shape index (κ1) is 10.0. The number of hydrogen-bond acceptors (Lipinski definition) is 3. The molecule has 2 rings (SSSR count). The van der Waals surface area contributed by atoms with Crippen LogP contribution >= 0.6 is 0 Å². The van der Waals surface area contributed by atoms with E-state index in [0.29, 0.717) is 11.7 Å². The first-order valence-corrected chi connectivity index (χ1v) is 5.04. The summed E-state index contributed by atoms with van der Waals surface area (Å²) in [6, 6.07) is 3.68. The number of ketones is 1. The Balaban J connectivity index is 2.57. The first-order chi connectivity index (χ1) is 7.09. The lowest BCUT2D eigenvalue weighted by Crippen LogP contribution is -2.01. The smallest absolute Gasteiger partial charge is 0.231 e. The summed E-state index contributed by atoms with van der Waals surface area (Å²) in [7, 11) is 0. The Kier molecular flexibility index (Phi) is 2.39. The van der Waals surface area contributed by atoms with Gasteiger partial charge in [-0.05, 0) is 30.5 Å². The topological polar surface area (TPSA) is 35.5 Å². The number of Topliss-reactive ketones (excluding diaryl/α,β-unsaturated/α-hetero) is 1. The molecule has 0 N–H and O–H groups in total. The standard InChI is InChI=1S/C12H14O3/c1-7(2)9-4-11-12(15-6-14-11)5-10(9)8(3)13/h4-5,7H,6H2,1-3H3. The molecule has 80 valence electrons. The van der Waals surface area contributed by atoms with Crippen LogP contribution in [-0.4, -0.2) is 12.6 Å². The van der Waals surface area contributed by atoms with Crippen molar-refractivity contribution in [2.24, 2.45) is 0 Å². The zero-order valence-electron chi connectivity index (χ0n) is 9.16. The van der Waals surface area contributed by atoms with Gasteiger partial charge in [-0.15, -0.1) is 0 Å². The molecule has 0 saturated heterocycles. The van der Waals surface area contributed by atoms with Crippen LogP contribution in [-0.2, 0) is 0 Å². The van der Waals surface area contributed by atoms with E-state index in [0.717, 1.165) is 16.9 Å². The Morgan fingerprint density at radius 3 is 2.40 bits per heavy atom. The first-order valence-electron chi connectivity index (χ1n) is 5.04. The van der Waals surface area contributed by atoms with Gasteiger partial charge < -0.3 is 9.47 Å². The third kappa shape index (κ3) is 1.69. The second-order valence-electron chi connectivity index (χ2n) is 4.00. The fraction of sp³-hybridized carbons (Fsp3) is 0.417. The Hall–Kier alpha value is -1.51. The summed E-state index contributed by atoms with van der Waals surface area (Å²) in [5, 5.41) is 0. The Morgan fingerprint density at radius 2 is 1.87 bits per heavy atom. The van der Waals surface area contributed by atoms with Crippen molar-refractivity contribution < 1.29 is 14.3 Å². The van der Waals surface area contributed by atoms with Crippen LogP contribution in [0.15, 0.2) is 12.1 Å². The van der Waals surface area contributed by atoms with Gasteiger partial charge in [0.2, 0.25) is 6.79 Å². The number of benzene rings is 1. The minimum absolute atomic E-state index is 0.0667. The van der Waals surface area contributed by atoms with E-state index in [2.05, 4.69) is 13.8 Å². The van der Waals surface area contributed by atoms with Gasteiger partial charge >= 0.3 is 0 Å².